The lowest BCUT2D eigenvalue weighted by Gasteiger charge is -2.33. The van der Waals surface area contributed by atoms with E-state index in [1.165, 1.54) is 5.69 Å². The van der Waals surface area contributed by atoms with Gasteiger partial charge < -0.3 is 25.0 Å². The highest BCUT2D eigenvalue weighted by molar-refractivity contribution is 5.99. The van der Waals surface area contributed by atoms with E-state index >= 15 is 0 Å². The van der Waals surface area contributed by atoms with Gasteiger partial charge in [-0.05, 0) is 63.8 Å². The third kappa shape index (κ3) is 4.08. The van der Waals surface area contributed by atoms with Crippen LogP contribution in [0.2, 0.25) is 0 Å². The number of nitrogens with one attached hydrogen (secondary N) is 2. The number of piperidine rings is 1. The Bertz CT molecular complexity index is 1300. The first-order valence-corrected chi connectivity index (χ1v) is 12.2. The minimum atomic E-state index is 0.446. The summed E-state index contributed by atoms with van der Waals surface area (Å²) in [6, 6.07) is 9.20. The third-order valence-electron chi connectivity index (χ3n) is 7.39. The molecule has 5 heterocycles. The van der Waals surface area contributed by atoms with Crippen molar-refractivity contribution in [3.8, 4) is 11.1 Å². The van der Waals surface area contributed by atoms with Crippen LogP contribution in [-0.2, 0) is 0 Å². The number of hydrogen-bond donors (Lipinski definition) is 2. The van der Waals surface area contributed by atoms with Gasteiger partial charge in [-0.1, -0.05) is 6.07 Å². The fourth-order valence-corrected chi connectivity index (χ4v) is 5.15. The van der Waals surface area contributed by atoms with Gasteiger partial charge in [-0.3, -0.25) is 0 Å². The van der Waals surface area contributed by atoms with Gasteiger partial charge in [0.1, 0.15) is 17.8 Å². The molecule has 176 valence electrons. The maximum Gasteiger partial charge on any atom is 0.138 e. The lowest BCUT2D eigenvalue weighted by atomic mass is 10.0. The van der Waals surface area contributed by atoms with Crippen LogP contribution in [0.5, 0.6) is 0 Å². The molecule has 34 heavy (non-hydrogen) atoms. The van der Waals surface area contributed by atoms with E-state index in [1.807, 2.05) is 6.20 Å². The Morgan fingerprint density at radius 1 is 0.882 bits per heavy atom. The number of nitrogens with zero attached hydrogens (tertiary/aromatic N) is 6. The molecule has 2 aliphatic rings. The van der Waals surface area contributed by atoms with E-state index in [-0.39, 0.29) is 0 Å². The molecule has 0 spiro atoms. The summed E-state index contributed by atoms with van der Waals surface area (Å²) >= 11 is 0. The fourth-order valence-electron chi connectivity index (χ4n) is 5.15. The van der Waals surface area contributed by atoms with Crippen molar-refractivity contribution in [3.05, 3.63) is 43.0 Å². The largest absolute Gasteiger partial charge is 0.368 e. The predicted molar refractivity (Wildman–Crippen MR) is 138 cm³/mol. The minimum absolute atomic E-state index is 0.446. The molecule has 1 aromatic carbocycles. The topological polar surface area (TPSA) is 76.2 Å². The van der Waals surface area contributed by atoms with Gasteiger partial charge in [-0.25, -0.2) is 15.0 Å². The minimum Gasteiger partial charge on any atom is -0.368 e. The Morgan fingerprint density at radius 3 is 2.50 bits per heavy atom. The van der Waals surface area contributed by atoms with Crippen LogP contribution in [0.1, 0.15) is 12.8 Å². The van der Waals surface area contributed by atoms with Crippen molar-refractivity contribution in [2.24, 2.45) is 0 Å². The van der Waals surface area contributed by atoms with Crippen molar-refractivity contribution < 1.29 is 0 Å². The summed E-state index contributed by atoms with van der Waals surface area (Å²) in [5, 5.41) is 5.92. The summed E-state index contributed by atoms with van der Waals surface area (Å²) in [7, 11) is 4.37. The van der Waals surface area contributed by atoms with E-state index in [0.717, 1.165) is 91.0 Å². The molecular weight excluding hydrogens is 424 g/mol. The van der Waals surface area contributed by atoms with Crippen LogP contribution in [-0.4, -0.2) is 89.1 Å². The third-order valence-corrected chi connectivity index (χ3v) is 7.39. The van der Waals surface area contributed by atoms with Gasteiger partial charge in [0.15, 0.2) is 0 Å². The molecule has 6 rings (SSSR count). The Hall–Kier alpha value is -3.23. The second-order valence-electron chi connectivity index (χ2n) is 9.76. The smallest absolute Gasteiger partial charge is 0.138 e. The first-order chi connectivity index (χ1) is 16.6. The first-order valence-electron chi connectivity index (χ1n) is 12.2. The van der Waals surface area contributed by atoms with E-state index in [1.54, 1.807) is 6.33 Å². The second kappa shape index (κ2) is 8.85. The normalized spacial score (nSPS) is 18.7. The number of piperazine rings is 1. The first kappa shape index (κ1) is 21.3. The molecule has 2 N–H and O–H groups in total. The van der Waals surface area contributed by atoms with Gasteiger partial charge in [0.05, 0.1) is 17.4 Å². The summed E-state index contributed by atoms with van der Waals surface area (Å²) in [5.41, 5.74) is 5.38. The van der Waals surface area contributed by atoms with E-state index in [9.17, 15) is 0 Å². The van der Waals surface area contributed by atoms with E-state index in [0.29, 0.717) is 6.04 Å². The van der Waals surface area contributed by atoms with E-state index < -0.39 is 0 Å². The van der Waals surface area contributed by atoms with Gasteiger partial charge >= 0.3 is 0 Å². The number of likely N-dealkylation sites (N-methyl/N-ethyl adjacent to an activating group) is 1. The molecule has 0 amide bonds. The lowest BCUT2D eigenvalue weighted by Crippen LogP contribution is -2.44. The van der Waals surface area contributed by atoms with Gasteiger partial charge in [0.2, 0.25) is 0 Å². The fraction of sp³-hybridized carbons (Fsp3) is 0.423. The monoisotopic (exact) mass is 456 g/mol. The number of rotatable bonds is 4. The van der Waals surface area contributed by atoms with Gasteiger partial charge in [-0.2, -0.15) is 0 Å². The summed E-state index contributed by atoms with van der Waals surface area (Å²) in [4.78, 5) is 24.4. The highest BCUT2D eigenvalue weighted by atomic mass is 15.2. The number of anilines is 2. The van der Waals surface area contributed by atoms with E-state index in [4.69, 9.17) is 4.98 Å². The summed E-state index contributed by atoms with van der Waals surface area (Å²) in [6.07, 6.45) is 7.99. The molecule has 0 unspecified atom stereocenters. The Kier molecular flexibility index (Phi) is 5.55. The molecule has 2 saturated heterocycles. The molecule has 8 heteroatoms. The van der Waals surface area contributed by atoms with Gasteiger partial charge in [0, 0.05) is 54.8 Å². The number of hydrogen-bond acceptors (Lipinski definition) is 7. The zero-order chi connectivity index (χ0) is 23.1. The molecule has 0 bridgehead atoms. The van der Waals surface area contributed by atoms with Crippen LogP contribution in [0.25, 0.3) is 33.1 Å². The number of H-pyrrole nitrogens is 1. The van der Waals surface area contributed by atoms with Crippen LogP contribution < -0.4 is 10.2 Å². The van der Waals surface area contributed by atoms with Crippen LogP contribution in [0.15, 0.2) is 43.0 Å². The number of aromatic nitrogens is 4. The van der Waals surface area contributed by atoms with Crippen molar-refractivity contribution in [2.75, 3.05) is 63.6 Å². The second-order valence-corrected chi connectivity index (χ2v) is 9.76. The van der Waals surface area contributed by atoms with Gasteiger partial charge in [0.25, 0.3) is 0 Å². The molecule has 3 aromatic heterocycles. The Morgan fingerprint density at radius 2 is 1.68 bits per heavy atom. The lowest BCUT2D eigenvalue weighted by molar-refractivity contribution is 0.264. The average Bonchev–Trinajstić information content (AvgIpc) is 3.29. The number of aromatic amines is 1. The molecule has 0 aliphatic carbocycles. The zero-order valence-electron chi connectivity index (χ0n) is 20.0. The summed E-state index contributed by atoms with van der Waals surface area (Å²) in [5.74, 6) is 0.928. The molecule has 8 nitrogen and oxygen atoms in total. The maximum atomic E-state index is 4.73. The maximum absolute atomic E-state index is 4.73. The van der Waals surface area contributed by atoms with E-state index in [2.05, 4.69) is 79.5 Å². The Balaban J connectivity index is 1.34. The molecular formula is C26H32N8. The molecule has 2 aliphatic heterocycles. The number of fused-ring (bicyclic) bond motifs is 2. The van der Waals surface area contributed by atoms with Crippen LogP contribution in [0.3, 0.4) is 0 Å². The number of likely N-dealkylation sites (tertiary alicyclic amines) is 1. The van der Waals surface area contributed by atoms with Crippen molar-refractivity contribution in [3.63, 3.8) is 0 Å². The summed E-state index contributed by atoms with van der Waals surface area (Å²) < 4.78 is 0. The highest BCUT2D eigenvalue weighted by Gasteiger charge is 2.19. The zero-order valence-corrected chi connectivity index (χ0v) is 20.0. The SMILES string of the molecule is CN1CCC(Nc2ncnc3ccc(-c4c[nH]c5ncc(N6CCN(C)CC6)cc45)cc23)CC1. The average molecular weight is 457 g/mol. The standard InChI is InChI=1S/C26H32N8/c1-32-7-5-19(6-8-32)31-26-22-13-18(3-4-24(22)29-17-30-26)23-16-28-25-21(23)14-20(15-27-25)34-11-9-33(2)10-12-34/h3-4,13-17,19H,5-12H2,1-2H3,(H,27,28)(H,29,30,31). The summed E-state index contributed by atoms with van der Waals surface area (Å²) in [6.45, 7) is 6.45. The molecule has 0 atom stereocenters. The van der Waals surface area contributed by atoms with Gasteiger partial charge in [-0.15, -0.1) is 0 Å². The molecule has 2 fully saturated rings. The van der Waals surface area contributed by atoms with Crippen molar-refractivity contribution in [1.82, 2.24) is 29.7 Å². The van der Waals surface area contributed by atoms with Crippen LogP contribution in [0.4, 0.5) is 11.5 Å². The molecule has 0 radical (unpaired) electrons. The van der Waals surface area contributed by atoms with Crippen LogP contribution >= 0.6 is 0 Å². The van der Waals surface area contributed by atoms with Crippen LogP contribution in [0, 0.1) is 0 Å². The quantitative estimate of drug-likeness (QED) is 0.487. The van der Waals surface area contributed by atoms with Crippen molar-refractivity contribution in [2.45, 2.75) is 18.9 Å². The highest BCUT2D eigenvalue weighted by Crippen LogP contribution is 2.33. The molecule has 4 aromatic rings. The predicted octanol–water partition coefficient (Wildman–Crippen LogP) is 3.43. The number of pyridine rings is 1. The van der Waals surface area contributed by atoms with Crippen molar-refractivity contribution in [1.29, 1.82) is 0 Å². The van der Waals surface area contributed by atoms with Crippen molar-refractivity contribution >= 4 is 33.4 Å². The Labute approximate surface area is 200 Å². The molecule has 0 saturated carbocycles. The number of benzene rings is 1.